The van der Waals surface area contributed by atoms with Gasteiger partial charge in [-0.3, -0.25) is 9.69 Å². The lowest BCUT2D eigenvalue weighted by atomic mass is 10.0. The number of piperazine rings is 1. The lowest BCUT2D eigenvalue weighted by molar-refractivity contribution is -0.122. The highest BCUT2D eigenvalue weighted by Crippen LogP contribution is 2.26. The number of anilines is 1. The standard InChI is InChI=1S/C25H26FN3O3S/c1-19-10-12-22(13-11-19)27-25(30)24(20-6-3-2-4-7-20)28-14-16-29(17-15-28)33(31,32)23-9-5-8-21(26)18-23/h2-13,18,24H,14-17H2,1H3,(H,27,30). The van der Waals surface area contributed by atoms with Crippen molar-refractivity contribution in [3.8, 4) is 0 Å². The third kappa shape index (κ3) is 5.30. The maximum absolute atomic E-state index is 13.6. The number of hydrogen-bond donors (Lipinski definition) is 1. The smallest absolute Gasteiger partial charge is 0.246 e. The van der Waals surface area contributed by atoms with Gasteiger partial charge >= 0.3 is 0 Å². The van der Waals surface area contributed by atoms with Crippen molar-refractivity contribution in [3.05, 3.63) is 95.8 Å². The Morgan fingerprint density at radius 2 is 1.58 bits per heavy atom. The minimum Gasteiger partial charge on any atom is -0.324 e. The number of nitrogens with one attached hydrogen (secondary N) is 1. The summed E-state index contributed by atoms with van der Waals surface area (Å²) in [6, 6.07) is 21.5. The monoisotopic (exact) mass is 467 g/mol. The average Bonchev–Trinajstić information content (AvgIpc) is 2.82. The Kier molecular flexibility index (Phi) is 6.88. The summed E-state index contributed by atoms with van der Waals surface area (Å²) in [5, 5.41) is 2.98. The SMILES string of the molecule is Cc1ccc(NC(=O)C(c2ccccc2)N2CCN(S(=O)(=O)c3cccc(F)c3)CC2)cc1. The molecule has 172 valence electrons. The van der Waals surface area contributed by atoms with Gasteiger partial charge in [-0.1, -0.05) is 54.1 Å². The van der Waals surface area contributed by atoms with Crippen molar-refractivity contribution in [3.63, 3.8) is 0 Å². The fourth-order valence-electron chi connectivity index (χ4n) is 3.99. The highest BCUT2D eigenvalue weighted by molar-refractivity contribution is 7.89. The lowest BCUT2D eigenvalue weighted by Crippen LogP contribution is -2.51. The first-order valence-corrected chi connectivity index (χ1v) is 12.2. The van der Waals surface area contributed by atoms with E-state index in [0.717, 1.165) is 17.2 Å². The van der Waals surface area contributed by atoms with Crippen molar-refractivity contribution >= 4 is 21.6 Å². The van der Waals surface area contributed by atoms with Crippen molar-refractivity contribution in [2.75, 3.05) is 31.5 Å². The quantitative estimate of drug-likeness (QED) is 0.598. The molecule has 1 unspecified atom stereocenters. The zero-order valence-electron chi connectivity index (χ0n) is 18.3. The van der Waals surface area contributed by atoms with Crippen LogP contribution in [0.5, 0.6) is 0 Å². The number of hydrogen-bond acceptors (Lipinski definition) is 4. The molecular weight excluding hydrogens is 441 g/mol. The third-order valence-corrected chi connectivity index (χ3v) is 7.65. The Labute approximate surface area is 193 Å². The molecule has 1 atom stereocenters. The van der Waals surface area contributed by atoms with Gasteiger partial charge in [-0.15, -0.1) is 0 Å². The number of rotatable bonds is 6. The molecule has 0 aromatic heterocycles. The number of benzene rings is 3. The summed E-state index contributed by atoms with van der Waals surface area (Å²) in [4.78, 5) is 15.2. The highest BCUT2D eigenvalue weighted by Gasteiger charge is 2.34. The fraction of sp³-hybridized carbons (Fsp3) is 0.240. The van der Waals surface area contributed by atoms with E-state index in [4.69, 9.17) is 0 Å². The second kappa shape index (κ2) is 9.82. The number of carbonyl (C=O) groups is 1. The highest BCUT2D eigenvalue weighted by atomic mass is 32.2. The number of amides is 1. The van der Waals surface area contributed by atoms with E-state index in [-0.39, 0.29) is 23.9 Å². The minimum absolute atomic E-state index is 0.0623. The van der Waals surface area contributed by atoms with E-state index >= 15 is 0 Å². The predicted octanol–water partition coefficient (Wildman–Crippen LogP) is 3.82. The molecule has 0 spiro atoms. The van der Waals surface area contributed by atoms with E-state index in [1.165, 1.54) is 22.5 Å². The number of aryl methyl sites for hydroxylation is 1. The number of nitrogens with zero attached hydrogens (tertiary/aromatic N) is 2. The second-order valence-corrected chi connectivity index (χ2v) is 10.0. The normalized spacial score (nSPS) is 16.3. The van der Waals surface area contributed by atoms with Crippen LogP contribution in [0.3, 0.4) is 0 Å². The molecule has 4 rings (SSSR count). The molecule has 8 heteroatoms. The van der Waals surface area contributed by atoms with Crippen LogP contribution in [0.1, 0.15) is 17.2 Å². The predicted molar refractivity (Wildman–Crippen MR) is 126 cm³/mol. The molecule has 1 heterocycles. The van der Waals surface area contributed by atoms with Gasteiger partial charge in [-0.05, 0) is 42.8 Å². The van der Waals surface area contributed by atoms with E-state index in [0.29, 0.717) is 18.8 Å². The molecule has 0 saturated carbocycles. The van der Waals surface area contributed by atoms with Crippen molar-refractivity contribution in [1.29, 1.82) is 0 Å². The van der Waals surface area contributed by atoms with Gasteiger partial charge in [0.05, 0.1) is 4.90 Å². The Morgan fingerprint density at radius 1 is 0.909 bits per heavy atom. The molecule has 1 N–H and O–H groups in total. The molecule has 1 saturated heterocycles. The van der Waals surface area contributed by atoms with E-state index < -0.39 is 21.9 Å². The Morgan fingerprint density at radius 3 is 2.21 bits per heavy atom. The van der Waals surface area contributed by atoms with Crippen molar-refractivity contribution < 1.29 is 17.6 Å². The Balaban J connectivity index is 1.52. The van der Waals surface area contributed by atoms with Crippen LogP contribution in [-0.2, 0) is 14.8 Å². The van der Waals surface area contributed by atoms with Crippen LogP contribution < -0.4 is 5.32 Å². The lowest BCUT2D eigenvalue weighted by Gasteiger charge is -2.38. The molecule has 1 aliphatic heterocycles. The number of carbonyl (C=O) groups excluding carboxylic acids is 1. The maximum atomic E-state index is 13.6. The molecule has 6 nitrogen and oxygen atoms in total. The van der Waals surface area contributed by atoms with E-state index in [1.54, 1.807) is 0 Å². The Hall–Kier alpha value is -3.07. The fourth-order valence-corrected chi connectivity index (χ4v) is 5.44. The molecule has 33 heavy (non-hydrogen) atoms. The zero-order chi connectivity index (χ0) is 23.4. The first kappa shape index (κ1) is 23.1. The number of sulfonamides is 1. The zero-order valence-corrected chi connectivity index (χ0v) is 19.1. The van der Waals surface area contributed by atoms with Crippen molar-refractivity contribution in [2.24, 2.45) is 0 Å². The van der Waals surface area contributed by atoms with Crippen LogP contribution in [-0.4, -0.2) is 49.7 Å². The third-order valence-electron chi connectivity index (χ3n) is 5.75. The molecular formula is C25H26FN3O3S. The first-order valence-electron chi connectivity index (χ1n) is 10.8. The molecule has 0 radical (unpaired) electrons. The van der Waals surface area contributed by atoms with Gasteiger partial charge in [0.2, 0.25) is 15.9 Å². The van der Waals surface area contributed by atoms with Gasteiger partial charge in [0, 0.05) is 31.9 Å². The first-order chi connectivity index (χ1) is 15.8. The number of halogens is 1. The van der Waals surface area contributed by atoms with Gasteiger partial charge in [-0.25, -0.2) is 12.8 Å². The molecule has 0 aliphatic carbocycles. The van der Waals surface area contributed by atoms with Crippen molar-refractivity contribution in [1.82, 2.24) is 9.21 Å². The van der Waals surface area contributed by atoms with E-state index in [1.807, 2.05) is 66.4 Å². The largest absolute Gasteiger partial charge is 0.324 e. The topological polar surface area (TPSA) is 69.7 Å². The van der Waals surface area contributed by atoms with E-state index in [2.05, 4.69) is 5.32 Å². The summed E-state index contributed by atoms with van der Waals surface area (Å²) in [6.07, 6.45) is 0. The summed E-state index contributed by atoms with van der Waals surface area (Å²) >= 11 is 0. The van der Waals surface area contributed by atoms with E-state index in [9.17, 15) is 17.6 Å². The van der Waals surface area contributed by atoms with Crippen LogP contribution in [0, 0.1) is 12.7 Å². The van der Waals surface area contributed by atoms with Crippen LogP contribution >= 0.6 is 0 Å². The van der Waals surface area contributed by atoms with Gasteiger partial charge in [0.1, 0.15) is 11.9 Å². The molecule has 0 bridgehead atoms. The summed E-state index contributed by atoms with van der Waals surface area (Å²) in [6.45, 7) is 3.14. The minimum atomic E-state index is -3.81. The summed E-state index contributed by atoms with van der Waals surface area (Å²) in [5.41, 5.74) is 2.64. The van der Waals surface area contributed by atoms with Gasteiger partial charge in [0.15, 0.2) is 0 Å². The molecule has 1 amide bonds. The van der Waals surface area contributed by atoms with Crippen LogP contribution in [0.15, 0.2) is 83.8 Å². The Bertz CT molecular complexity index is 1210. The summed E-state index contributed by atoms with van der Waals surface area (Å²) in [7, 11) is -3.81. The molecule has 1 fully saturated rings. The molecule has 3 aromatic rings. The van der Waals surface area contributed by atoms with Crippen LogP contribution in [0.4, 0.5) is 10.1 Å². The summed E-state index contributed by atoms with van der Waals surface area (Å²) < 4.78 is 40.8. The summed E-state index contributed by atoms with van der Waals surface area (Å²) in [5.74, 6) is -0.766. The van der Waals surface area contributed by atoms with Gasteiger partial charge in [-0.2, -0.15) is 4.31 Å². The van der Waals surface area contributed by atoms with Crippen LogP contribution in [0.25, 0.3) is 0 Å². The van der Waals surface area contributed by atoms with Gasteiger partial charge < -0.3 is 5.32 Å². The average molecular weight is 468 g/mol. The van der Waals surface area contributed by atoms with Crippen LogP contribution in [0.2, 0.25) is 0 Å². The maximum Gasteiger partial charge on any atom is 0.246 e. The van der Waals surface area contributed by atoms with Crippen molar-refractivity contribution in [2.45, 2.75) is 17.9 Å². The van der Waals surface area contributed by atoms with Gasteiger partial charge in [0.25, 0.3) is 0 Å². The molecule has 1 aliphatic rings. The molecule has 3 aromatic carbocycles. The second-order valence-electron chi connectivity index (χ2n) is 8.07.